The number of amides is 2. The summed E-state index contributed by atoms with van der Waals surface area (Å²) < 4.78 is 11.6. The number of likely N-dealkylation sites (N-methyl/N-ethyl adjacent to an activating group) is 1. The van der Waals surface area contributed by atoms with Crippen molar-refractivity contribution in [1.82, 2.24) is 9.80 Å². The molecule has 0 aliphatic carbocycles. The van der Waals surface area contributed by atoms with Gasteiger partial charge in [-0.15, -0.1) is 11.8 Å². The highest BCUT2D eigenvalue weighted by molar-refractivity contribution is 8.01. The molecular formula is C20H24N2O4S. The van der Waals surface area contributed by atoms with Crippen LogP contribution in [0.1, 0.15) is 22.5 Å². The maximum atomic E-state index is 12.9. The van der Waals surface area contributed by atoms with Gasteiger partial charge in [0.1, 0.15) is 12.2 Å². The fourth-order valence-electron chi connectivity index (χ4n) is 3.76. The Bertz CT molecular complexity index is 885. The molecule has 0 bridgehead atoms. The van der Waals surface area contributed by atoms with Crippen LogP contribution in [0.2, 0.25) is 0 Å². The van der Waals surface area contributed by atoms with Gasteiger partial charge in [0, 0.05) is 43.9 Å². The van der Waals surface area contributed by atoms with Crippen molar-refractivity contribution >= 4 is 34.5 Å². The summed E-state index contributed by atoms with van der Waals surface area (Å²) in [5.41, 5.74) is 1.65. The molecule has 7 heteroatoms. The quantitative estimate of drug-likeness (QED) is 0.806. The first-order valence-electron chi connectivity index (χ1n) is 9.12. The molecule has 2 aromatic rings. The van der Waals surface area contributed by atoms with Gasteiger partial charge in [0.15, 0.2) is 5.76 Å². The molecule has 144 valence electrons. The van der Waals surface area contributed by atoms with Gasteiger partial charge < -0.3 is 19.0 Å². The predicted octanol–water partition coefficient (Wildman–Crippen LogP) is 2.55. The number of rotatable bonds is 4. The van der Waals surface area contributed by atoms with Gasteiger partial charge in [-0.05, 0) is 19.4 Å². The molecule has 6 nitrogen and oxygen atoms in total. The Morgan fingerprint density at radius 2 is 2.07 bits per heavy atom. The molecule has 2 aliphatic heterocycles. The smallest absolute Gasteiger partial charge is 0.289 e. The summed E-state index contributed by atoms with van der Waals surface area (Å²) in [6, 6.07) is 7.73. The Morgan fingerprint density at radius 1 is 1.33 bits per heavy atom. The van der Waals surface area contributed by atoms with Crippen molar-refractivity contribution in [3.8, 4) is 0 Å². The molecule has 0 saturated carbocycles. The lowest BCUT2D eigenvalue weighted by atomic mass is 9.92. The maximum Gasteiger partial charge on any atom is 0.289 e. The van der Waals surface area contributed by atoms with Crippen LogP contribution in [-0.2, 0) is 9.53 Å². The summed E-state index contributed by atoms with van der Waals surface area (Å²) in [4.78, 5) is 27.9. The molecule has 0 radical (unpaired) electrons. The molecule has 27 heavy (non-hydrogen) atoms. The van der Waals surface area contributed by atoms with Crippen LogP contribution in [0.3, 0.4) is 0 Å². The van der Waals surface area contributed by atoms with Crippen LogP contribution < -0.4 is 0 Å². The van der Waals surface area contributed by atoms with E-state index in [1.165, 1.54) is 4.90 Å². The molecule has 1 spiro atoms. The third-order valence-corrected chi connectivity index (χ3v) is 6.98. The topological polar surface area (TPSA) is 63.0 Å². The van der Waals surface area contributed by atoms with Crippen molar-refractivity contribution in [2.75, 3.05) is 39.5 Å². The lowest BCUT2D eigenvalue weighted by Gasteiger charge is -2.47. The van der Waals surface area contributed by atoms with E-state index in [0.29, 0.717) is 18.8 Å². The number of hydrogen-bond acceptors (Lipinski definition) is 5. The number of hydrogen-bond donors (Lipinski definition) is 0. The number of furan rings is 1. The molecule has 4 rings (SSSR count). The Kier molecular flexibility index (Phi) is 4.68. The van der Waals surface area contributed by atoms with Crippen molar-refractivity contribution in [2.24, 2.45) is 0 Å². The second-order valence-electron chi connectivity index (χ2n) is 7.63. The first-order valence-corrected chi connectivity index (χ1v) is 10.1. The van der Waals surface area contributed by atoms with E-state index in [2.05, 4.69) is 0 Å². The molecule has 0 unspecified atom stereocenters. The molecule has 2 aliphatic rings. The first-order chi connectivity index (χ1) is 12.9. The highest BCUT2D eigenvalue weighted by Gasteiger charge is 2.51. The molecule has 3 heterocycles. The van der Waals surface area contributed by atoms with Crippen LogP contribution in [0.5, 0.6) is 0 Å². The van der Waals surface area contributed by atoms with Gasteiger partial charge in [0.25, 0.3) is 5.91 Å². The number of likely N-dealkylation sites (tertiary alicyclic amines) is 1. The fourth-order valence-corrected chi connectivity index (χ4v) is 5.31. The van der Waals surface area contributed by atoms with Crippen molar-refractivity contribution in [3.63, 3.8) is 0 Å². The Balaban J connectivity index is 1.36. The summed E-state index contributed by atoms with van der Waals surface area (Å²) in [6.45, 7) is 3.46. The summed E-state index contributed by atoms with van der Waals surface area (Å²) in [6.07, 6.45) is 0.949. The molecule has 1 aromatic carbocycles. The molecule has 2 amide bonds. The fraction of sp³-hybridized carbons (Fsp3) is 0.500. The summed E-state index contributed by atoms with van der Waals surface area (Å²) >= 11 is 1.85. The molecule has 1 aromatic heterocycles. The van der Waals surface area contributed by atoms with E-state index in [-0.39, 0.29) is 29.3 Å². The first kappa shape index (κ1) is 18.4. The molecule has 2 fully saturated rings. The van der Waals surface area contributed by atoms with E-state index in [4.69, 9.17) is 9.15 Å². The highest BCUT2D eigenvalue weighted by atomic mass is 32.2. The van der Waals surface area contributed by atoms with Gasteiger partial charge in [-0.3, -0.25) is 9.59 Å². The molecule has 2 saturated heterocycles. The molecule has 0 N–H and O–H groups in total. The average Bonchev–Trinajstić information content (AvgIpc) is 3.20. The van der Waals surface area contributed by atoms with E-state index in [9.17, 15) is 9.59 Å². The molecule has 1 atom stereocenters. The highest BCUT2D eigenvalue weighted by Crippen LogP contribution is 2.46. The minimum Gasteiger partial charge on any atom is -0.451 e. The SMILES string of the molecule is Cc1c(C(=O)N2CC3(C[C@@H](OCC(=O)N(C)C)CS3)C2)oc2ccccc12. The Labute approximate surface area is 162 Å². The third kappa shape index (κ3) is 3.34. The van der Waals surface area contributed by atoms with Crippen LogP contribution in [0, 0.1) is 6.92 Å². The summed E-state index contributed by atoms with van der Waals surface area (Å²) in [5.74, 6) is 1.25. The number of fused-ring (bicyclic) bond motifs is 1. The Morgan fingerprint density at radius 3 is 2.78 bits per heavy atom. The monoisotopic (exact) mass is 388 g/mol. The van der Waals surface area contributed by atoms with Crippen LogP contribution in [0.25, 0.3) is 11.0 Å². The minimum absolute atomic E-state index is 0.0216. The average molecular weight is 388 g/mol. The number of aryl methyl sites for hydroxylation is 1. The van der Waals surface area contributed by atoms with Crippen molar-refractivity contribution < 1.29 is 18.7 Å². The van der Waals surface area contributed by atoms with Crippen molar-refractivity contribution in [1.29, 1.82) is 0 Å². The zero-order valence-electron chi connectivity index (χ0n) is 15.9. The van der Waals surface area contributed by atoms with E-state index >= 15 is 0 Å². The third-order valence-electron chi connectivity index (χ3n) is 5.40. The second-order valence-corrected chi connectivity index (χ2v) is 9.12. The van der Waals surface area contributed by atoms with Gasteiger partial charge in [0.2, 0.25) is 5.91 Å². The van der Waals surface area contributed by atoms with E-state index in [1.54, 1.807) is 14.1 Å². The largest absolute Gasteiger partial charge is 0.451 e. The zero-order valence-corrected chi connectivity index (χ0v) is 16.7. The van der Waals surface area contributed by atoms with Crippen LogP contribution in [0.4, 0.5) is 0 Å². The van der Waals surface area contributed by atoms with Gasteiger partial charge >= 0.3 is 0 Å². The summed E-state index contributed by atoms with van der Waals surface area (Å²) in [5, 5.41) is 0.991. The number of carbonyl (C=O) groups excluding carboxylic acids is 2. The van der Waals surface area contributed by atoms with Gasteiger partial charge in [-0.1, -0.05) is 18.2 Å². The van der Waals surface area contributed by atoms with Crippen molar-refractivity contribution in [2.45, 2.75) is 24.2 Å². The van der Waals surface area contributed by atoms with E-state index < -0.39 is 0 Å². The second kappa shape index (κ2) is 6.87. The van der Waals surface area contributed by atoms with Crippen LogP contribution in [0.15, 0.2) is 28.7 Å². The van der Waals surface area contributed by atoms with Crippen LogP contribution >= 0.6 is 11.8 Å². The lowest BCUT2D eigenvalue weighted by Crippen LogP contribution is -2.60. The van der Waals surface area contributed by atoms with E-state index in [1.807, 2.05) is 47.9 Å². The van der Waals surface area contributed by atoms with Gasteiger partial charge in [0.05, 0.1) is 10.9 Å². The van der Waals surface area contributed by atoms with Crippen LogP contribution in [-0.4, -0.2) is 72.0 Å². The molecular weight excluding hydrogens is 364 g/mol. The van der Waals surface area contributed by atoms with Gasteiger partial charge in [-0.25, -0.2) is 0 Å². The number of para-hydroxylation sites is 1. The van der Waals surface area contributed by atoms with Crippen molar-refractivity contribution in [3.05, 3.63) is 35.6 Å². The minimum atomic E-state index is -0.0397. The lowest BCUT2D eigenvalue weighted by molar-refractivity contribution is -0.135. The predicted molar refractivity (Wildman–Crippen MR) is 105 cm³/mol. The standard InChI is InChI=1S/C20H24N2O4S/c1-13-15-6-4-5-7-16(15)26-18(13)19(24)22-11-20(12-22)8-14(10-27-20)25-9-17(23)21(2)3/h4-7,14H,8-12H2,1-3H3/t14-/m1/s1. The zero-order chi connectivity index (χ0) is 19.2. The normalized spacial score (nSPS) is 20.9. The maximum absolute atomic E-state index is 12.9. The van der Waals surface area contributed by atoms with Gasteiger partial charge in [-0.2, -0.15) is 0 Å². The number of ether oxygens (including phenoxy) is 1. The summed E-state index contributed by atoms with van der Waals surface area (Å²) in [7, 11) is 3.46. The number of carbonyl (C=O) groups is 2. The number of benzene rings is 1. The number of thioether (sulfide) groups is 1. The Hall–Kier alpha value is -1.99. The van der Waals surface area contributed by atoms with E-state index in [0.717, 1.165) is 28.7 Å². The number of nitrogens with zero attached hydrogens (tertiary/aromatic N) is 2.